The molecule has 0 fully saturated rings. The minimum absolute atomic E-state index is 2.18. The maximum atomic E-state index is 11.4. The van der Waals surface area contributed by atoms with Crippen LogP contribution in [0.1, 0.15) is 0 Å². The lowest BCUT2D eigenvalue weighted by Gasteiger charge is -2.05. The molecule has 0 rings (SSSR count). The van der Waals surface area contributed by atoms with Crippen molar-refractivity contribution in [2.75, 3.05) is 0 Å². The maximum Gasteiger partial charge on any atom is 0.426 e. The standard InChI is InChI=1S/C4H2F5NO/c5-2(6)1(3(10)11)4(7,8)9/h(H2,10,11). The fraction of sp³-hybridized carbons (Fsp3) is 0.250. The lowest BCUT2D eigenvalue weighted by atomic mass is 10.3. The van der Waals surface area contributed by atoms with Crippen molar-refractivity contribution in [3.63, 3.8) is 0 Å². The van der Waals surface area contributed by atoms with Gasteiger partial charge in [0.2, 0.25) is 0 Å². The molecule has 0 aliphatic rings. The number of amides is 1. The molecule has 0 aromatic carbocycles. The zero-order valence-corrected chi connectivity index (χ0v) is 4.88. The van der Waals surface area contributed by atoms with Crippen LogP contribution in [0.2, 0.25) is 0 Å². The summed E-state index contributed by atoms with van der Waals surface area (Å²) in [7, 11) is 0. The monoisotopic (exact) mass is 175 g/mol. The van der Waals surface area contributed by atoms with Crippen LogP contribution in [0.3, 0.4) is 0 Å². The second-order valence-corrected chi connectivity index (χ2v) is 1.50. The molecule has 0 aliphatic carbocycles. The zero-order valence-electron chi connectivity index (χ0n) is 4.88. The van der Waals surface area contributed by atoms with Crippen molar-refractivity contribution in [2.45, 2.75) is 6.18 Å². The van der Waals surface area contributed by atoms with E-state index < -0.39 is 23.7 Å². The van der Waals surface area contributed by atoms with Crippen LogP contribution in [0.25, 0.3) is 0 Å². The van der Waals surface area contributed by atoms with Gasteiger partial charge in [0.25, 0.3) is 12.0 Å². The van der Waals surface area contributed by atoms with Crippen molar-refractivity contribution in [1.29, 1.82) is 0 Å². The SMILES string of the molecule is NC(=O)C(=C(F)F)C(F)(F)F. The lowest BCUT2D eigenvalue weighted by Crippen LogP contribution is -2.26. The average Bonchev–Trinajstić information content (AvgIpc) is 1.54. The number of hydrogen-bond acceptors (Lipinski definition) is 1. The molecule has 2 nitrogen and oxygen atoms in total. The molecule has 64 valence electrons. The second-order valence-electron chi connectivity index (χ2n) is 1.50. The second kappa shape index (κ2) is 2.85. The third kappa shape index (κ3) is 2.52. The average molecular weight is 175 g/mol. The Labute approximate surface area is 57.5 Å². The molecule has 0 saturated carbocycles. The molecule has 0 saturated heterocycles. The van der Waals surface area contributed by atoms with Crippen LogP contribution in [0, 0.1) is 0 Å². The van der Waals surface area contributed by atoms with E-state index in [4.69, 9.17) is 0 Å². The Morgan fingerprint density at radius 3 is 1.55 bits per heavy atom. The van der Waals surface area contributed by atoms with Gasteiger partial charge in [-0.1, -0.05) is 0 Å². The van der Waals surface area contributed by atoms with Crippen molar-refractivity contribution in [2.24, 2.45) is 5.73 Å². The molecule has 0 aromatic heterocycles. The predicted molar refractivity (Wildman–Crippen MR) is 24.5 cm³/mol. The summed E-state index contributed by atoms with van der Waals surface area (Å²) in [6.07, 6.45) is -8.50. The highest BCUT2D eigenvalue weighted by atomic mass is 19.4. The van der Waals surface area contributed by atoms with Gasteiger partial charge in [-0.25, -0.2) is 0 Å². The first-order chi connectivity index (χ1) is 4.76. The Balaban J connectivity index is 4.96. The van der Waals surface area contributed by atoms with Crippen molar-refractivity contribution in [3.8, 4) is 0 Å². The molecule has 7 heteroatoms. The van der Waals surface area contributed by atoms with E-state index in [2.05, 4.69) is 5.73 Å². The van der Waals surface area contributed by atoms with Gasteiger partial charge in [-0.05, 0) is 0 Å². The summed E-state index contributed by atoms with van der Waals surface area (Å²) in [5, 5.41) is 0. The first-order valence-corrected chi connectivity index (χ1v) is 2.19. The molecular formula is C4H2F5NO. The fourth-order valence-corrected chi connectivity index (χ4v) is 0.340. The molecule has 0 aromatic rings. The number of carbonyl (C=O) groups excluding carboxylic acids is 1. The molecule has 2 N–H and O–H groups in total. The molecule has 0 bridgehead atoms. The summed E-state index contributed by atoms with van der Waals surface area (Å²) in [6, 6.07) is 0. The molecule has 0 heterocycles. The van der Waals surface area contributed by atoms with Crippen LogP contribution in [-0.2, 0) is 4.79 Å². The Kier molecular flexibility index (Phi) is 2.55. The number of hydrogen-bond donors (Lipinski definition) is 1. The highest BCUT2D eigenvalue weighted by Gasteiger charge is 2.41. The van der Waals surface area contributed by atoms with E-state index in [1.165, 1.54) is 0 Å². The van der Waals surface area contributed by atoms with E-state index in [0.717, 1.165) is 0 Å². The van der Waals surface area contributed by atoms with E-state index >= 15 is 0 Å². The van der Waals surface area contributed by atoms with Gasteiger partial charge < -0.3 is 5.73 Å². The quantitative estimate of drug-likeness (QED) is 0.472. The first kappa shape index (κ1) is 9.86. The normalized spacial score (nSPS) is 11.0. The van der Waals surface area contributed by atoms with Crippen molar-refractivity contribution in [3.05, 3.63) is 11.7 Å². The minimum Gasteiger partial charge on any atom is -0.365 e. The molecule has 11 heavy (non-hydrogen) atoms. The number of carbonyl (C=O) groups is 1. The molecule has 1 amide bonds. The number of rotatable bonds is 1. The van der Waals surface area contributed by atoms with Crippen LogP contribution < -0.4 is 5.73 Å². The third-order valence-electron chi connectivity index (χ3n) is 0.719. The molecule has 0 radical (unpaired) electrons. The smallest absolute Gasteiger partial charge is 0.365 e. The van der Waals surface area contributed by atoms with Gasteiger partial charge in [-0.15, -0.1) is 0 Å². The molecule has 0 unspecified atom stereocenters. The van der Waals surface area contributed by atoms with E-state index in [0.29, 0.717) is 0 Å². The van der Waals surface area contributed by atoms with Crippen molar-refractivity contribution in [1.82, 2.24) is 0 Å². The third-order valence-corrected chi connectivity index (χ3v) is 0.719. The highest BCUT2D eigenvalue weighted by molar-refractivity contribution is 5.93. The number of halogens is 5. The fourth-order valence-electron chi connectivity index (χ4n) is 0.340. The van der Waals surface area contributed by atoms with E-state index in [-0.39, 0.29) is 0 Å². The summed E-state index contributed by atoms with van der Waals surface area (Å²) < 4.78 is 56.8. The van der Waals surface area contributed by atoms with E-state index in [1.54, 1.807) is 0 Å². The summed E-state index contributed by atoms with van der Waals surface area (Å²) in [6.45, 7) is 0. The number of alkyl halides is 3. The van der Waals surface area contributed by atoms with Gasteiger partial charge in [-0.2, -0.15) is 22.0 Å². The summed E-state index contributed by atoms with van der Waals surface area (Å²) in [4.78, 5) is 9.75. The van der Waals surface area contributed by atoms with Gasteiger partial charge in [0.05, 0.1) is 0 Å². The molecule has 0 aliphatic heterocycles. The van der Waals surface area contributed by atoms with Gasteiger partial charge in [-0.3, -0.25) is 4.79 Å². The van der Waals surface area contributed by atoms with Gasteiger partial charge >= 0.3 is 6.18 Å². The number of primary amides is 1. The maximum absolute atomic E-state index is 11.4. The topological polar surface area (TPSA) is 43.1 Å². The van der Waals surface area contributed by atoms with E-state index in [1.807, 2.05) is 0 Å². The van der Waals surface area contributed by atoms with Gasteiger partial charge in [0.15, 0.2) is 5.57 Å². The Morgan fingerprint density at radius 1 is 1.18 bits per heavy atom. The molecule has 0 spiro atoms. The Hall–Kier alpha value is -1.14. The van der Waals surface area contributed by atoms with Crippen molar-refractivity contribution < 1.29 is 26.7 Å². The van der Waals surface area contributed by atoms with Crippen LogP contribution in [-0.4, -0.2) is 12.1 Å². The molecular weight excluding hydrogens is 173 g/mol. The van der Waals surface area contributed by atoms with E-state index in [9.17, 15) is 26.7 Å². The number of nitrogens with two attached hydrogens (primary N) is 1. The largest absolute Gasteiger partial charge is 0.426 e. The first-order valence-electron chi connectivity index (χ1n) is 2.19. The highest BCUT2D eigenvalue weighted by Crippen LogP contribution is 2.28. The van der Waals surface area contributed by atoms with Gasteiger partial charge in [0.1, 0.15) is 0 Å². The Bertz CT molecular complexity index is 201. The Morgan fingerprint density at radius 2 is 1.55 bits per heavy atom. The van der Waals surface area contributed by atoms with Crippen LogP contribution in [0.5, 0.6) is 0 Å². The summed E-state index contributed by atoms with van der Waals surface area (Å²) in [5.74, 6) is -2.18. The summed E-state index contributed by atoms with van der Waals surface area (Å²) in [5.41, 5.74) is 1.43. The van der Waals surface area contributed by atoms with Crippen LogP contribution >= 0.6 is 0 Å². The predicted octanol–water partition coefficient (Wildman–Crippen LogP) is 1.18. The summed E-state index contributed by atoms with van der Waals surface area (Å²) >= 11 is 0. The zero-order chi connectivity index (χ0) is 9.23. The van der Waals surface area contributed by atoms with Crippen LogP contribution in [0.4, 0.5) is 22.0 Å². The van der Waals surface area contributed by atoms with Crippen molar-refractivity contribution >= 4 is 5.91 Å². The molecule has 0 atom stereocenters. The van der Waals surface area contributed by atoms with Gasteiger partial charge in [0, 0.05) is 0 Å². The lowest BCUT2D eigenvalue weighted by molar-refractivity contribution is -0.129. The van der Waals surface area contributed by atoms with Crippen LogP contribution in [0.15, 0.2) is 11.7 Å². The minimum atomic E-state index is -5.38.